The van der Waals surface area contributed by atoms with Crippen LogP contribution in [0, 0.1) is 0 Å². The predicted molar refractivity (Wildman–Crippen MR) is 65.0 cm³/mol. The van der Waals surface area contributed by atoms with Gasteiger partial charge in [-0.2, -0.15) is 0 Å². The Morgan fingerprint density at radius 1 is 1.17 bits per heavy atom. The normalized spacial score (nSPS) is 10.9. The molecule has 0 fully saturated rings. The fourth-order valence-corrected chi connectivity index (χ4v) is 1.66. The number of imidazole rings is 1. The molecule has 0 saturated heterocycles. The van der Waals surface area contributed by atoms with Gasteiger partial charge in [0.1, 0.15) is 17.2 Å². The lowest BCUT2D eigenvalue weighted by Crippen LogP contribution is -2.21. The first-order valence-corrected chi connectivity index (χ1v) is 5.08. The minimum Gasteiger partial charge on any atom is -0.384 e. The van der Waals surface area contributed by atoms with Crippen molar-refractivity contribution in [3.8, 4) is 11.4 Å². The SMILES string of the molecule is Nc1cc(-c2nc3[nH]c(=O)[nH]c(=O)c3[nH]2)ccn1. The number of pyridine rings is 1. The van der Waals surface area contributed by atoms with Crippen molar-refractivity contribution in [3.63, 3.8) is 0 Å². The minimum atomic E-state index is -0.597. The molecule has 0 saturated carbocycles. The number of hydrogen-bond donors (Lipinski definition) is 4. The maximum atomic E-state index is 11.5. The molecule has 3 heterocycles. The fourth-order valence-electron chi connectivity index (χ4n) is 1.66. The summed E-state index contributed by atoms with van der Waals surface area (Å²) in [6.45, 7) is 0. The highest BCUT2D eigenvalue weighted by Crippen LogP contribution is 2.17. The summed E-state index contributed by atoms with van der Waals surface area (Å²) in [7, 11) is 0. The lowest BCUT2D eigenvalue weighted by molar-refractivity contribution is 1.07. The molecule has 3 aromatic rings. The van der Waals surface area contributed by atoms with E-state index < -0.39 is 11.2 Å². The molecule has 0 aliphatic rings. The van der Waals surface area contributed by atoms with Crippen LogP contribution in [-0.2, 0) is 0 Å². The zero-order chi connectivity index (χ0) is 12.7. The van der Waals surface area contributed by atoms with Crippen molar-refractivity contribution in [2.75, 3.05) is 5.73 Å². The minimum absolute atomic E-state index is 0.203. The summed E-state index contributed by atoms with van der Waals surface area (Å²) >= 11 is 0. The van der Waals surface area contributed by atoms with Gasteiger partial charge in [0.2, 0.25) is 0 Å². The zero-order valence-electron chi connectivity index (χ0n) is 9.02. The molecule has 0 radical (unpaired) electrons. The molecule has 0 aliphatic carbocycles. The third kappa shape index (κ3) is 1.56. The number of nitrogens with one attached hydrogen (secondary N) is 3. The lowest BCUT2D eigenvalue weighted by Gasteiger charge is -1.96. The van der Waals surface area contributed by atoms with Gasteiger partial charge in [-0.05, 0) is 12.1 Å². The van der Waals surface area contributed by atoms with E-state index in [9.17, 15) is 9.59 Å². The molecule has 8 heteroatoms. The van der Waals surface area contributed by atoms with Crippen molar-refractivity contribution < 1.29 is 0 Å². The van der Waals surface area contributed by atoms with Gasteiger partial charge in [-0.25, -0.2) is 14.8 Å². The van der Waals surface area contributed by atoms with Crippen LogP contribution in [0.1, 0.15) is 0 Å². The molecule has 8 nitrogen and oxygen atoms in total. The third-order valence-corrected chi connectivity index (χ3v) is 2.44. The molecule has 0 amide bonds. The van der Waals surface area contributed by atoms with Crippen molar-refractivity contribution in [2.24, 2.45) is 0 Å². The molecule has 0 spiro atoms. The standard InChI is InChI=1S/C10H8N6O2/c11-5-3-4(1-2-12-5)7-13-6-8(14-7)15-10(18)16-9(6)17/h1-3H,(H2,11,12)(H3,13,14,15,16,17,18). The third-order valence-electron chi connectivity index (χ3n) is 2.44. The highest BCUT2D eigenvalue weighted by Gasteiger charge is 2.09. The van der Waals surface area contributed by atoms with E-state index in [1.165, 1.54) is 6.20 Å². The van der Waals surface area contributed by atoms with Crippen LogP contribution in [0.4, 0.5) is 5.82 Å². The molecular formula is C10H8N6O2. The van der Waals surface area contributed by atoms with Gasteiger partial charge in [0.25, 0.3) is 5.56 Å². The number of H-pyrrole nitrogens is 3. The van der Waals surface area contributed by atoms with E-state index in [1.807, 2.05) is 0 Å². The average Bonchev–Trinajstić information content (AvgIpc) is 2.73. The summed E-state index contributed by atoms with van der Waals surface area (Å²) in [4.78, 5) is 38.0. The van der Waals surface area contributed by atoms with Crippen molar-refractivity contribution in [1.29, 1.82) is 0 Å². The van der Waals surface area contributed by atoms with Gasteiger partial charge in [0.15, 0.2) is 5.65 Å². The average molecular weight is 244 g/mol. The molecule has 0 unspecified atom stereocenters. The summed E-state index contributed by atoms with van der Waals surface area (Å²) in [5, 5.41) is 0. The van der Waals surface area contributed by atoms with E-state index in [-0.39, 0.29) is 11.2 Å². The van der Waals surface area contributed by atoms with Gasteiger partial charge in [0, 0.05) is 11.8 Å². The van der Waals surface area contributed by atoms with Gasteiger partial charge in [-0.15, -0.1) is 0 Å². The van der Waals surface area contributed by atoms with Crippen LogP contribution in [0.2, 0.25) is 0 Å². The van der Waals surface area contributed by atoms with Gasteiger partial charge in [0.05, 0.1) is 0 Å². The fraction of sp³-hybridized carbons (Fsp3) is 0. The molecule has 3 aromatic heterocycles. The number of anilines is 1. The Hall–Kier alpha value is -2.90. The maximum Gasteiger partial charge on any atom is 0.327 e. The molecular weight excluding hydrogens is 236 g/mol. The van der Waals surface area contributed by atoms with Crippen LogP contribution in [0.5, 0.6) is 0 Å². The van der Waals surface area contributed by atoms with Crippen molar-refractivity contribution in [1.82, 2.24) is 24.9 Å². The van der Waals surface area contributed by atoms with Gasteiger partial charge in [-0.3, -0.25) is 14.8 Å². The zero-order valence-corrected chi connectivity index (χ0v) is 9.02. The summed E-state index contributed by atoms with van der Waals surface area (Å²) in [5.41, 5.74) is 5.54. The van der Waals surface area contributed by atoms with Crippen LogP contribution in [0.3, 0.4) is 0 Å². The summed E-state index contributed by atoms with van der Waals surface area (Å²) in [5.74, 6) is 0.779. The Morgan fingerprint density at radius 2 is 2.00 bits per heavy atom. The molecule has 0 atom stereocenters. The molecule has 3 rings (SSSR count). The number of fused-ring (bicyclic) bond motifs is 1. The Morgan fingerprint density at radius 3 is 2.78 bits per heavy atom. The lowest BCUT2D eigenvalue weighted by atomic mass is 10.2. The topological polar surface area (TPSA) is 133 Å². The van der Waals surface area contributed by atoms with E-state index in [2.05, 4.69) is 24.9 Å². The Labute approximate surface area is 98.9 Å². The van der Waals surface area contributed by atoms with Gasteiger partial charge in [-0.1, -0.05) is 0 Å². The number of nitrogens with two attached hydrogens (primary N) is 1. The first-order valence-electron chi connectivity index (χ1n) is 5.08. The predicted octanol–water partition coefficient (Wildman–Crippen LogP) is -0.416. The smallest absolute Gasteiger partial charge is 0.327 e. The van der Waals surface area contributed by atoms with Crippen molar-refractivity contribution in [3.05, 3.63) is 39.2 Å². The second kappa shape index (κ2) is 3.55. The largest absolute Gasteiger partial charge is 0.384 e. The first kappa shape index (κ1) is 10.3. The van der Waals surface area contributed by atoms with Gasteiger partial charge >= 0.3 is 5.69 Å². The van der Waals surface area contributed by atoms with E-state index >= 15 is 0 Å². The van der Waals surface area contributed by atoms with Gasteiger partial charge < -0.3 is 10.7 Å². The summed E-state index contributed by atoms with van der Waals surface area (Å²) < 4.78 is 0. The van der Waals surface area contributed by atoms with Crippen LogP contribution in [0.15, 0.2) is 27.9 Å². The Balaban J connectivity index is 2.29. The van der Waals surface area contributed by atoms with Crippen molar-refractivity contribution >= 4 is 17.0 Å². The molecule has 0 aromatic carbocycles. The monoisotopic (exact) mass is 244 g/mol. The first-order chi connectivity index (χ1) is 8.63. The van der Waals surface area contributed by atoms with Crippen molar-refractivity contribution in [2.45, 2.75) is 0 Å². The molecule has 0 bridgehead atoms. The number of aromatic nitrogens is 5. The summed E-state index contributed by atoms with van der Waals surface area (Å²) in [6.07, 6.45) is 1.53. The number of rotatable bonds is 1. The van der Waals surface area contributed by atoms with Crippen LogP contribution >= 0.6 is 0 Å². The molecule has 90 valence electrons. The second-order valence-corrected chi connectivity index (χ2v) is 3.69. The van der Waals surface area contributed by atoms with E-state index in [1.54, 1.807) is 12.1 Å². The van der Waals surface area contributed by atoms with Crippen LogP contribution in [-0.4, -0.2) is 24.9 Å². The van der Waals surface area contributed by atoms with E-state index in [0.29, 0.717) is 17.2 Å². The molecule has 5 N–H and O–H groups in total. The number of nitrogen functional groups attached to an aromatic ring is 1. The van der Waals surface area contributed by atoms with Crippen LogP contribution < -0.4 is 17.0 Å². The Bertz CT molecular complexity index is 843. The molecule has 0 aliphatic heterocycles. The van der Waals surface area contributed by atoms with E-state index in [4.69, 9.17) is 5.73 Å². The maximum absolute atomic E-state index is 11.5. The second-order valence-electron chi connectivity index (χ2n) is 3.69. The number of nitrogens with zero attached hydrogens (tertiary/aromatic N) is 2. The highest BCUT2D eigenvalue weighted by molar-refractivity contribution is 5.75. The number of aromatic amines is 3. The number of hydrogen-bond acceptors (Lipinski definition) is 5. The quantitative estimate of drug-likeness (QED) is 0.461. The van der Waals surface area contributed by atoms with E-state index in [0.717, 1.165) is 0 Å². The summed E-state index contributed by atoms with van der Waals surface area (Å²) in [6, 6.07) is 3.31. The molecule has 18 heavy (non-hydrogen) atoms. The highest BCUT2D eigenvalue weighted by atomic mass is 16.2. The van der Waals surface area contributed by atoms with Crippen LogP contribution in [0.25, 0.3) is 22.6 Å². The Kier molecular flexibility index (Phi) is 2.03.